The van der Waals surface area contributed by atoms with Crippen molar-refractivity contribution >= 4 is 54.4 Å². The van der Waals surface area contributed by atoms with Crippen LogP contribution < -0.4 is 0 Å². The Morgan fingerprint density at radius 3 is 1.59 bits per heavy atom. The van der Waals surface area contributed by atoms with Gasteiger partial charge in [0.05, 0.1) is 27.8 Å². The van der Waals surface area contributed by atoms with Crippen molar-refractivity contribution in [2.75, 3.05) is 0 Å². The Kier molecular flexibility index (Phi) is 6.90. The van der Waals surface area contributed by atoms with Gasteiger partial charge in [-0.1, -0.05) is 152 Å². The number of para-hydroxylation sites is 1. The Bertz CT molecular complexity index is 3180. The van der Waals surface area contributed by atoms with Gasteiger partial charge in [0.2, 0.25) is 0 Å². The van der Waals surface area contributed by atoms with Crippen LogP contribution >= 0.6 is 0 Å². The first-order valence-corrected chi connectivity index (χ1v) is 18.6. The van der Waals surface area contributed by atoms with Gasteiger partial charge in [-0.3, -0.25) is 0 Å². The lowest BCUT2D eigenvalue weighted by molar-refractivity contribution is 1.18. The maximum atomic E-state index is 2.43. The molecule has 54 heavy (non-hydrogen) atoms. The normalized spacial score (nSPS) is 11.7. The predicted octanol–water partition coefficient (Wildman–Crippen LogP) is 14.0. The molecule has 2 heteroatoms. The molecule has 0 aliphatic rings. The molecule has 0 aliphatic heterocycles. The van der Waals surface area contributed by atoms with E-state index in [2.05, 4.69) is 215 Å². The number of fused-ring (bicyclic) bond motifs is 7. The van der Waals surface area contributed by atoms with E-state index in [-0.39, 0.29) is 0 Å². The Morgan fingerprint density at radius 2 is 0.815 bits per heavy atom. The summed E-state index contributed by atoms with van der Waals surface area (Å²) < 4.78 is 4.86. The molecule has 252 valence electrons. The monoisotopic (exact) mass is 686 g/mol. The fourth-order valence-electron chi connectivity index (χ4n) is 8.64. The van der Waals surface area contributed by atoms with Crippen molar-refractivity contribution in [2.45, 2.75) is 0 Å². The summed E-state index contributed by atoms with van der Waals surface area (Å²) in [5.41, 5.74) is 14.5. The average Bonchev–Trinajstić information content (AvgIpc) is 3.76. The third-order valence-electron chi connectivity index (χ3n) is 11.1. The highest BCUT2D eigenvalue weighted by molar-refractivity contribution is 6.17. The van der Waals surface area contributed by atoms with Crippen molar-refractivity contribution in [1.82, 2.24) is 9.13 Å². The van der Waals surface area contributed by atoms with Gasteiger partial charge in [0.15, 0.2) is 0 Å². The lowest BCUT2D eigenvalue weighted by Crippen LogP contribution is -1.95. The maximum absolute atomic E-state index is 2.43. The first-order valence-electron chi connectivity index (χ1n) is 18.6. The molecule has 2 heterocycles. The zero-order valence-electron chi connectivity index (χ0n) is 29.5. The molecule has 0 amide bonds. The van der Waals surface area contributed by atoms with Crippen molar-refractivity contribution in [3.8, 4) is 44.8 Å². The van der Waals surface area contributed by atoms with E-state index in [0.717, 1.165) is 5.69 Å². The van der Waals surface area contributed by atoms with E-state index >= 15 is 0 Å². The summed E-state index contributed by atoms with van der Waals surface area (Å²) in [6.45, 7) is 0. The van der Waals surface area contributed by atoms with E-state index in [0.29, 0.717) is 0 Å². The van der Waals surface area contributed by atoms with Crippen molar-refractivity contribution in [1.29, 1.82) is 0 Å². The fourth-order valence-corrected chi connectivity index (χ4v) is 8.64. The smallest absolute Gasteiger partial charge is 0.0547 e. The number of hydrogen-bond donors (Lipinski definition) is 0. The molecule has 0 spiro atoms. The summed E-state index contributed by atoms with van der Waals surface area (Å²) >= 11 is 0. The molecule has 0 atom stereocenters. The number of hydrogen-bond acceptors (Lipinski definition) is 0. The predicted molar refractivity (Wildman–Crippen MR) is 229 cm³/mol. The van der Waals surface area contributed by atoms with Gasteiger partial charge in [-0.05, 0) is 93.4 Å². The fraction of sp³-hybridized carbons (Fsp3) is 0. The third kappa shape index (κ3) is 4.74. The van der Waals surface area contributed by atoms with E-state index in [4.69, 9.17) is 0 Å². The summed E-state index contributed by atoms with van der Waals surface area (Å²) in [5, 5.41) is 7.51. The lowest BCUT2D eigenvalue weighted by Gasteiger charge is -2.12. The van der Waals surface area contributed by atoms with Crippen LogP contribution in [0.25, 0.3) is 99.1 Å². The van der Waals surface area contributed by atoms with Crippen LogP contribution in [0, 0.1) is 0 Å². The molecular weight excluding hydrogens is 653 g/mol. The minimum absolute atomic E-state index is 1.15. The minimum atomic E-state index is 1.15. The van der Waals surface area contributed by atoms with Gasteiger partial charge in [0, 0.05) is 32.6 Å². The van der Waals surface area contributed by atoms with E-state index in [1.165, 1.54) is 93.5 Å². The molecule has 0 aliphatic carbocycles. The quantitative estimate of drug-likeness (QED) is 0.171. The number of benzene rings is 9. The molecule has 9 aromatic carbocycles. The van der Waals surface area contributed by atoms with Gasteiger partial charge in [-0.15, -0.1) is 0 Å². The van der Waals surface area contributed by atoms with Gasteiger partial charge in [-0.2, -0.15) is 0 Å². The van der Waals surface area contributed by atoms with Gasteiger partial charge >= 0.3 is 0 Å². The van der Waals surface area contributed by atoms with E-state index in [9.17, 15) is 0 Å². The average molecular weight is 687 g/mol. The molecule has 0 bridgehead atoms. The minimum Gasteiger partial charge on any atom is -0.309 e. The van der Waals surface area contributed by atoms with Crippen LogP contribution in [-0.4, -0.2) is 9.13 Å². The molecule has 0 radical (unpaired) electrons. The molecule has 0 saturated heterocycles. The van der Waals surface area contributed by atoms with Crippen molar-refractivity contribution in [2.24, 2.45) is 0 Å². The Hall–Kier alpha value is -7.16. The van der Waals surface area contributed by atoms with E-state index in [1.54, 1.807) is 0 Å². The highest BCUT2D eigenvalue weighted by Crippen LogP contribution is 2.42. The van der Waals surface area contributed by atoms with Gasteiger partial charge < -0.3 is 9.13 Å². The number of rotatable bonds is 5. The van der Waals surface area contributed by atoms with Crippen LogP contribution in [0.1, 0.15) is 0 Å². The van der Waals surface area contributed by atoms with Gasteiger partial charge in [0.25, 0.3) is 0 Å². The van der Waals surface area contributed by atoms with Crippen molar-refractivity contribution in [3.63, 3.8) is 0 Å². The molecule has 0 unspecified atom stereocenters. The van der Waals surface area contributed by atoms with Crippen LogP contribution in [0.3, 0.4) is 0 Å². The van der Waals surface area contributed by atoms with Crippen LogP contribution in [0.15, 0.2) is 206 Å². The third-order valence-corrected chi connectivity index (χ3v) is 11.1. The van der Waals surface area contributed by atoms with E-state index < -0.39 is 0 Å². The highest BCUT2D eigenvalue weighted by Gasteiger charge is 2.19. The summed E-state index contributed by atoms with van der Waals surface area (Å²) in [6, 6.07) is 75.2. The van der Waals surface area contributed by atoms with Crippen molar-refractivity contribution in [3.05, 3.63) is 206 Å². The van der Waals surface area contributed by atoms with Crippen LogP contribution in [-0.2, 0) is 0 Å². The van der Waals surface area contributed by atoms with Gasteiger partial charge in [-0.25, -0.2) is 0 Å². The van der Waals surface area contributed by atoms with Crippen LogP contribution in [0.2, 0.25) is 0 Å². The number of nitrogens with zero attached hydrogens (tertiary/aromatic N) is 2. The molecule has 11 aromatic rings. The zero-order valence-corrected chi connectivity index (χ0v) is 29.5. The summed E-state index contributed by atoms with van der Waals surface area (Å²) in [7, 11) is 0. The van der Waals surface area contributed by atoms with Crippen LogP contribution in [0.4, 0.5) is 0 Å². The number of aromatic nitrogens is 2. The standard InChI is InChI=1S/C52H34N2/c1-3-13-35(14-4-1)36-25-29-41(30-26-36)53-50-32-28-40(34-46(50)52-43(21-12-24-51(52)53)38-15-5-2-6-16-38)39-27-31-49-45(33-39)44-20-9-10-22-48(44)54(49)47-23-11-18-37-17-7-8-19-42(37)47/h1-34H. The second-order valence-corrected chi connectivity index (χ2v) is 14.1. The highest BCUT2D eigenvalue weighted by atomic mass is 15.0. The second-order valence-electron chi connectivity index (χ2n) is 14.1. The van der Waals surface area contributed by atoms with Gasteiger partial charge in [0.1, 0.15) is 0 Å². The molecule has 2 nitrogen and oxygen atoms in total. The maximum Gasteiger partial charge on any atom is 0.0547 e. The summed E-state index contributed by atoms with van der Waals surface area (Å²) in [6.07, 6.45) is 0. The first-order chi connectivity index (χ1) is 26.8. The Balaban J connectivity index is 1.12. The molecule has 2 aromatic heterocycles. The molecule has 11 rings (SSSR count). The second kappa shape index (κ2) is 12.2. The lowest BCUT2D eigenvalue weighted by atomic mass is 9.97. The van der Waals surface area contributed by atoms with Crippen LogP contribution in [0.5, 0.6) is 0 Å². The zero-order chi connectivity index (χ0) is 35.6. The molecule has 0 N–H and O–H groups in total. The molecule has 0 fully saturated rings. The van der Waals surface area contributed by atoms with E-state index in [1.807, 2.05) is 0 Å². The largest absolute Gasteiger partial charge is 0.309 e. The Labute approximate surface area is 313 Å². The first kappa shape index (κ1) is 30.5. The molecule has 0 saturated carbocycles. The summed E-state index contributed by atoms with van der Waals surface area (Å²) in [4.78, 5) is 0. The summed E-state index contributed by atoms with van der Waals surface area (Å²) in [5.74, 6) is 0. The van der Waals surface area contributed by atoms with Crippen molar-refractivity contribution < 1.29 is 0 Å². The SMILES string of the molecule is c1ccc(-c2ccc(-n3c4ccc(-c5ccc6c(c5)c5ccccc5n6-c5cccc6ccccc56)cc4c4c(-c5ccccc5)cccc43)cc2)cc1. The molecular formula is C52H34N2. The topological polar surface area (TPSA) is 9.86 Å². The Morgan fingerprint density at radius 1 is 0.278 bits per heavy atom.